The van der Waals surface area contributed by atoms with E-state index >= 15 is 0 Å². The predicted molar refractivity (Wildman–Crippen MR) is 62.6 cm³/mol. The van der Waals surface area contributed by atoms with Gasteiger partial charge in [0.15, 0.2) is 0 Å². The van der Waals surface area contributed by atoms with Crippen molar-refractivity contribution in [3.05, 3.63) is 24.0 Å². The second-order valence-corrected chi connectivity index (χ2v) is 3.98. The maximum atomic E-state index is 13.5. The van der Waals surface area contributed by atoms with Crippen molar-refractivity contribution in [1.29, 1.82) is 0 Å². The van der Waals surface area contributed by atoms with Gasteiger partial charge in [-0.3, -0.25) is 4.79 Å². The van der Waals surface area contributed by atoms with Crippen LogP contribution in [0.25, 0.3) is 0 Å². The van der Waals surface area contributed by atoms with Crippen molar-refractivity contribution in [3.8, 4) is 5.75 Å². The highest BCUT2D eigenvalue weighted by Crippen LogP contribution is 2.21. The molecule has 1 saturated heterocycles. The van der Waals surface area contributed by atoms with E-state index in [0.29, 0.717) is 5.75 Å². The van der Waals surface area contributed by atoms with Crippen LogP contribution in [-0.2, 0) is 4.79 Å². The average Bonchev–Trinajstić information content (AvgIpc) is 2.85. The largest absolute Gasteiger partial charge is 0.497 e. The Hall–Kier alpha value is -1.62. The minimum atomic E-state index is -0.461. The number of hydrogen-bond donors (Lipinski definition) is 2. The van der Waals surface area contributed by atoms with Crippen LogP contribution in [0.3, 0.4) is 0 Å². The standard InChI is InChI=1S/C12H15FN2O2/c1-17-8-4-5-9(13)11(7-8)15-12(16)10-3-2-6-14-10/h4-5,7,10,14H,2-3,6H2,1H3,(H,15,16)/t10-/m0/s1. The van der Waals surface area contributed by atoms with Gasteiger partial charge in [0.1, 0.15) is 11.6 Å². The molecule has 0 aliphatic carbocycles. The molecule has 92 valence electrons. The Morgan fingerprint density at radius 2 is 2.41 bits per heavy atom. The molecule has 2 N–H and O–H groups in total. The van der Waals surface area contributed by atoms with Gasteiger partial charge in [-0.2, -0.15) is 0 Å². The molecule has 0 saturated carbocycles. The first-order chi connectivity index (χ1) is 8.20. The summed E-state index contributed by atoms with van der Waals surface area (Å²) in [5.74, 6) is -0.145. The van der Waals surface area contributed by atoms with E-state index in [1.165, 1.54) is 25.3 Å². The number of rotatable bonds is 3. The zero-order valence-electron chi connectivity index (χ0n) is 9.63. The van der Waals surface area contributed by atoms with E-state index in [0.717, 1.165) is 19.4 Å². The number of carbonyl (C=O) groups excluding carboxylic acids is 1. The molecule has 17 heavy (non-hydrogen) atoms. The first kappa shape index (κ1) is 11.9. The Labute approximate surface area is 99.2 Å². The molecule has 0 bridgehead atoms. The Kier molecular flexibility index (Phi) is 3.58. The van der Waals surface area contributed by atoms with Crippen LogP contribution in [0.1, 0.15) is 12.8 Å². The van der Waals surface area contributed by atoms with Crippen LogP contribution in [0.4, 0.5) is 10.1 Å². The summed E-state index contributed by atoms with van der Waals surface area (Å²) >= 11 is 0. The number of carbonyl (C=O) groups is 1. The van der Waals surface area contributed by atoms with Gasteiger partial charge in [0.25, 0.3) is 0 Å². The lowest BCUT2D eigenvalue weighted by molar-refractivity contribution is -0.117. The number of nitrogens with one attached hydrogen (secondary N) is 2. The summed E-state index contributed by atoms with van der Waals surface area (Å²) in [6.45, 7) is 0.832. The summed E-state index contributed by atoms with van der Waals surface area (Å²) in [6.07, 6.45) is 1.76. The summed E-state index contributed by atoms with van der Waals surface area (Å²) in [5.41, 5.74) is 0.156. The Morgan fingerprint density at radius 3 is 3.06 bits per heavy atom. The van der Waals surface area contributed by atoms with E-state index in [1.807, 2.05) is 0 Å². The maximum Gasteiger partial charge on any atom is 0.241 e. The molecule has 0 aromatic heterocycles. The number of methoxy groups -OCH3 is 1. The smallest absolute Gasteiger partial charge is 0.241 e. The molecule has 1 atom stereocenters. The van der Waals surface area contributed by atoms with E-state index in [1.54, 1.807) is 0 Å². The highest BCUT2D eigenvalue weighted by Gasteiger charge is 2.22. The minimum absolute atomic E-state index is 0.156. The van der Waals surface area contributed by atoms with Gasteiger partial charge in [-0.15, -0.1) is 0 Å². The number of benzene rings is 1. The van der Waals surface area contributed by atoms with Crippen molar-refractivity contribution >= 4 is 11.6 Å². The van der Waals surface area contributed by atoms with Gasteiger partial charge in [0.2, 0.25) is 5.91 Å². The van der Waals surface area contributed by atoms with Gasteiger partial charge in [0, 0.05) is 6.07 Å². The molecule has 5 heteroatoms. The normalized spacial score (nSPS) is 19.1. The topological polar surface area (TPSA) is 50.4 Å². The molecule has 1 aliphatic heterocycles. The van der Waals surface area contributed by atoms with Gasteiger partial charge in [-0.05, 0) is 31.5 Å². The molecular formula is C12H15FN2O2. The first-order valence-corrected chi connectivity index (χ1v) is 5.58. The lowest BCUT2D eigenvalue weighted by Crippen LogP contribution is -2.35. The van der Waals surface area contributed by atoms with Crippen LogP contribution >= 0.6 is 0 Å². The molecular weight excluding hydrogens is 223 g/mol. The third kappa shape index (κ3) is 2.74. The van der Waals surface area contributed by atoms with Crippen LogP contribution in [0.5, 0.6) is 5.75 Å². The van der Waals surface area contributed by atoms with Crippen LogP contribution in [-0.4, -0.2) is 25.6 Å². The van der Waals surface area contributed by atoms with Gasteiger partial charge >= 0.3 is 0 Å². The van der Waals surface area contributed by atoms with Gasteiger partial charge in [-0.1, -0.05) is 0 Å². The van der Waals surface area contributed by atoms with E-state index < -0.39 is 5.82 Å². The van der Waals surface area contributed by atoms with Crippen LogP contribution in [0.2, 0.25) is 0 Å². The first-order valence-electron chi connectivity index (χ1n) is 5.58. The SMILES string of the molecule is COc1ccc(F)c(NC(=O)[C@@H]2CCCN2)c1. The van der Waals surface area contributed by atoms with Crippen LogP contribution < -0.4 is 15.4 Å². The monoisotopic (exact) mass is 238 g/mol. The highest BCUT2D eigenvalue weighted by atomic mass is 19.1. The maximum absolute atomic E-state index is 13.5. The molecule has 4 nitrogen and oxygen atoms in total. The van der Waals surface area contributed by atoms with E-state index in [-0.39, 0.29) is 17.6 Å². The molecule has 1 heterocycles. The van der Waals surface area contributed by atoms with E-state index in [9.17, 15) is 9.18 Å². The summed E-state index contributed by atoms with van der Waals surface area (Å²) in [6, 6.07) is 4.04. The van der Waals surface area contributed by atoms with Crippen LogP contribution in [0, 0.1) is 5.82 Å². The average molecular weight is 238 g/mol. The van der Waals surface area contributed by atoms with E-state index in [4.69, 9.17) is 4.74 Å². The lowest BCUT2D eigenvalue weighted by Gasteiger charge is -2.12. The lowest BCUT2D eigenvalue weighted by atomic mass is 10.2. The molecule has 1 fully saturated rings. The molecule has 0 radical (unpaired) electrons. The summed E-state index contributed by atoms with van der Waals surface area (Å²) in [7, 11) is 1.50. The Balaban J connectivity index is 2.09. The van der Waals surface area contributed by atoms with Gasteiger partial charge < -0.3 is 15.4 Å². The van der Waals surface area contributed by atoms with Crippen molar-refractivity contribution in [2.45, 2.75) is 18.9 Å². The number of amides is 1. The molecule has 1 amide bonds. The number of anilines is 1. The fourth-order valence-corrected chi connectivity index (χ4v) is 1.86. The van der Waals surface area contributed by atoms with E-state index in [2.05, 4.69) is 10.6 Å². The molecule has 2 rings (SSSR count). The van der Waals surface area contributed by atoms with Gasteiger partial charge in [0.05, 0.1) is 18.8 Å². The predicted octanol–water partition coefficient (Wildman–Crippen LogP) is 1.52. The number of hydrogen-bond acceptors (Lipinski definition) is 3. The van der Waals surface area contributed by atoms with Crippen molar-refractivity contribution < 1.29 is 13.9 Å². The van der Waals surface area contributed by atoms with Crippen LogP contribution in [0.15, 0.2) is 18.2 Å². The highest BCUT2D eigenvalue weighted by molar-refractivity contribution is 5.95. The summed E-state index contributed by atoms with van der Waals surface area (Å²) < 4.78 is 18.4. The zero-order chi connectivity index (χ0) is 12.3. The summed E-state index contributed by atoms with van der Waals surface area (Å²) in [4.78, 5) is 11.8. The quantitative estimate of drug-likeness (QED) is 0.839. The number of halogens is 1. The third-order valence-corrected chi connectivity index (χ3v) is 2.81. The zero-order valence-corrected chi connectivity index (χ0v) is 9.63. The minimum Gasteiger partial charge on any atom is -0.497 e. The molecule has 0 spiro atoms. The van der Waals surface area contributed by atoms with Gasteiger partial charge in [-0.25, -0.2) is 4.39 Å². The Morgan fingerprint density at radius 1 is 1.59 bits per heavy atom. The number of ether oxygens (including phenoxy) is 1. The fraction of sp³-hybridized carbons (Fsp3) is 0.417. The summed E-state index contributed by atoms with van der Waals surface area (Å²) in [5, 5.41) is 5.63. The third-order valence-electron chi connectivity index (χ3n) is 2.81. The van der Waals surface area contributed by atoms with Crippen molar-refractivity contribution in [2.75, 3.05) is 19.0 Å². The van der Waals surface area contributed by atoms with Crippen molar-refractivity contribution in [2.24, 2.45) is 0 Å². The molecule has 1 aromatic carbocycles. The second-order valence-electron chi connectivity index (χ2n) is 3.98. The second kappa shape index (κ2) is 5.14. The Bertz CT molecular complexity index is 417. The fourth-order valence-electron chi connectivity index (χ4n) is 1.86. The molecule has 0 unspecified atom stereocenters. The van der Waals surface area contributed by atoms with Crippen molar-refractivity contribution in [3.63, 3.8) is 0 Å². The molecule has 1 aromatic rings. The molecule has 1 aliphatic rings. The van der Waals surface area contributed by atoms with Crippen molar-refractivity contribution in [1.82, 2.24) is 5.32 Å².